The molecule has 1 spiro atoms. The number of ether oxygens (including phenoxy) is 2. The van der Waals surface area contributed by atoms with Crippen LogP contribution in [-0.2, 0) is 18.4 Å². The number of benzene rings is 2. The molecule has 2 heterocycles. The van der Waals surface area contributed by atoms with Crippen molar-refractivity contribution in [2.45, 2.75) is 56.0 Å². The van der Waals surface area contributed by atoms with Crippen molar-refractivity contribution in [3.63, 3.8) is 0 Å². The van der Waals surface area contributed by atoms with E-state index in [4.69, 9.17) is 9.47 Å². The van der Waals surface area contributed by atoms with Gasteiger partial charge in [0, 0.05) is 17.0 Å². The van der Waals surface area contributed by atoms with Crippen LogP contribution in [0.2, 0.25) is 0 Å². The Morgan fingerprint density at radius 2 is 2.04 bits per heavy atom. The zero-order valence-corrected chi connectivity index (χ0v) is 16.3. The van der Waals surface area contributed by atoms with E-state index in [1.165, 1.54) is 11.1 Å². The molecule has 0 amide bonds. The van der Waals surface area contributed by atoms with Crippen molar-refractivity contribution in [2.24, 2.45) is 5.92 Å². The lowest BCUT2D eigenvalue weighted by Gasteiger charge is -2.58. The van der Waals surface area contributed by atoms with Gasteiger partial charge in [-0.3, -0.25) is 0 Å². The highest BCUT2D eigenvalue weighted by Crippen LogP contribution is 2.63. The van der Waals surface area contributed by atoms with Gasteiger partial charge < -0.3 is 19.5 Å². The second-order valence-corrected chi connectivity index (χ2v) is 9.03. The van der Waals surface area contributed by atoms with Crippen LogP contribution in [0.15, 0.2) is 42.5 Å². The summed E-state index contributed by atoms with van der Waals surface area (Å²) in [5, 5.41) is 10.9. The fourth-order valence-corrected chi connectivity index (χ4v) is 6.55. The van der Waals surface area contributed by atoms with Crippen molar-refractivity contribution in [3.05, 3.63) is 59.2 Å². The van der Waals surface area contributed by atoms with Crippen LogP contribution >= 0.6 is 0 Å². The molecule has 1 N–H and O–H groups in total. The molecule has 146 valence electrons. The van der Waals surface area contributed by atoms with Gasteiger partial charge in [0.1, 0.15) is 12.7 Å². The zero-order valence-electron chi connectivity index (χ0n) is 16.3. The molecule has 2 aromatic carbocycles. The summed E-state index contributed by atoms with van der Waals surface area (Å²) in [7, 11) is 2.26. The van der Waals surface area contributed by atoms with Crippen molar-refractivity contribution in [1.82, 2.24) is 4.90 Å². The van der Waals surface area contributed by atoms with Crippen LogP contribution in [0, 0.1) is 5.92 Å². The van der Waals surface area contributed by atoms with Crippen molar-refractivity contribution in [3.8, 4) is 11.5 Å². The molecule has 0 radical (unpaired) electrons. The molecule has 2 aromatic rings. The van der Waals surface area contributed by atoms with E-state index in [0.29, 0.717) is 18.6 Å². The van der Waals surface area contributed by atoms with Gasteiger partial charge in [0.15, 0.2) is 11.5 Å². The fraction of sp³-hybridized carbons (Fsp3) is 0.500. The van der Waals surface area contributed by atoms with Crippen LogP contribution in [0.5, 0.6) is 11.5 Å². The van der Waals surface area contributed by atoms with Crippen molar-refractivity contribution < 1.29 is 14.6 Å². The quantitative estimate of drug-likeness (QED) is 0.891. The van der Waals surface area contributed by atoms with E-state index in [9.17, 15) is 5.11 Å². The third kappa shape index (κ3) is 2.13. The van der Waals surface area contributed by atoms with E-state index in [-0.39, 0.29) is 17.6 Å². The minimum Gasteiger partial charge on any atom is -0.485 e. The summed E-state index contributed by atoms with van der Waals surface area (Å²) in [6.07, 6.45) is 3.55. The van der Waals surface area contributed by atoms with Gasteiger partial charge in [0.25, 0.3) is 0 Å². The first kappa shape index (κ1) is 16.9. The normalized spacial score (nSPS) is 35.2. The Kier molecular flexibility index (Phi) is 3.60. The predicted octanol–water partition coefficient (Wildman–Crippen LogP) is 3.30. The average molecular weight is 377 g/mol. The number of piperidine rings is 1. The summed E-state index contributed by atoms with van der Waals surface area (Å²) in [5.41, 5.74) is 3.87. The minimum absolute atomic E-state index is 0.0378. The van der Waals surface area contributed by atoms with Gasteiger partial charge in [-0.25, -0.2) is 0 Å². The van der Waals surface area contributed by atoms with Crippen molar-refractivity contribution in [1.29, 1.82) is 0 Å². The summed E-state index contributed by atoms with van der Waals surface area (Å²) in [5.74, 6) is 2.31. The number of rotatable bonds is 3. The first-order chi connectivity index (χ1) is 13.7. The summed E-state index contributed by atoms with van der Waals surface area (Å²) in [6, 6.07) is 15.1. The van der Waals surface area contributed by atoms with Crippen molar-refractivity contribution in [2.75, 3.05) is 13.6 Å². The van der Waals surface area contributed by atoms with Crippen LogP contribution in [0.3, 0.4) is 0 Å². The van der Waals surface area contributed by atoms with Gasteiger partial charge in [-0.15, -0.1) is 0 Å². The smallest absolute Gasteiger partial charge is 0.165 e. The second kappa shape index (κ2) is 5.98. The van der Waals surface area contributed by atoms with Gasteiger partial charge >= 0.3 is 0 Å². The molecule has 4 aliphatic rings. The molecule has 6 rings (SSSR count). The first-order valence-electron chi connectivity index (χ1n) is 10.6. The van der Waals surface area contributed by atoms with Crippen LogP contribution < -0.4 is 9.47 Å². The van der Waals surface area contributed by atoms with Crippen LogP contribution in [0.25, 0.3) is 0 Å². The Morgan fingerprint density at radius 3 is 2.89 bits per heavy atom. The van der Waals surface area contributed by atoms with E-state index < -0.39 is 0 Å². The molecule has 0 aromatic heterocycles. The highest BCUT2D eigenvalue weighted by atomic mass is 16.5. The maximum atomic E-state index is 10.9. The van der Waals surface area contributed by atoms with Gasteiger partial charge in [-0.2, -0.15) is 0 Å². The summed E-state index contributed by atoms with van der Waals surface area (Å²) in [4.78, 5) is 2.53. The highest BCUT2D eigenvalue weighted by molar-refractivity contribution is 5.61. The number of hydrogen-bond donors (Lipinski definition) is 1. The number of nitrogens with zero attached hydrogens (tertiary/aromatic N) is 1. The Labute approximate surface area is 166 Å². The van der Waals surface area contributed by atoms with Crippen molar-refractivity contribution >= 4 is 0 Å². The van der Waals surface area contributed by atoms with Gasteiger partial charge in [-0.1, -0.05) is 36.4 Å². The number of aliphatic hydroxyl groups is 1. The first-order valence-corrected chi connectivity index (χ1v) is 10.6. The van der Waals surface area contributed by atoms with Crippen LogP contribution in [0.1, 0.15) is 36.0 Å². The Balaban J connectivity index is 1.44. The Bertz CT molecular complexity index is 914. The standard InChI is InChI=1S/C24H27NO3/c1-25-12-11-24-17-8-9-19(26)23(24)28-22-20(27-14-15-5-3-2-4-6-15)10-7-16(21(22)24)13-18(17)25/h2-7,10,17-19,23,26H,8-9,11-14H2,1H3/t17-,18+,19-,23-,24-/m0/s1. The summed E-state index contributed by atoms with van der Waals surface area (Å²) >= 11 is 0. The minimum atomic E-state index is -0.388. The molecule has 1 saturated carbocycles. The lowest BCUT2D eigenvalue weighted by atomic mass is 9.51. The average Bonchev–Trinajstić information content (AvgIpc) is 3.07. The fourth-order valence-electron chi connectivity index (χ4n) is 6.55. The third-order valence-electron chi connectivity index (χ3n) is 7.79. The van der Waals surface area contributed by atoms with Crippen LogP contribution in [-0.4, -0.2) is 41.8 Å². The molecule has 0 unspecified atom stereocenters. The molecule has 5 atom stereocenters. The predicted molar refractivity (Wildman–Crippen MR) is 107 cm³/mol. The molecule has 1 saturated heterocycles. The molecule has 4 heteroatoms. The molecular weight excluding hydrogens is 350 g/mol. The number of aliphatic hydroxyl groups excluding tert-OH is 1. The number of likely N-dealkylation sites (tertiary alicyclic amines) is 1. The molecule has 2 fully saturated rings. The summed E-state index contributed by atoms with van der Waals surface area (Å²) in [6.45, 7) is 1.60. The van der Waals surface area contributed by atoms with E-state index in [1.54, 1.807) is 0 Å². The zero-order chi connectivity index (χ0) is 18.9. The second-order valence-electron chi connectivity index (χ2n) is 9.03. The largest absolute Gasteiger partial charge is 0.485 e. The monoisotopic (exact) mass is 377 g/mol. The summed E-state index contributed by atoms with van der Waals surface area (Å²) < 4.78 is 12.8. The van der Waals surface area contributed by atoms with E-state index in [0.717, 1.165) is 49.3 Å². The number of likely N-dealkylation sites (N-methyl/N-ethyl adjacent to an activating group) is 1. The van der Waals surface area contributed by atoms with E-state index in [2.05, 4.69) is 36.2 Å². The molecule has 2 bridgehead atoms. The molecule has 28 heavy (non-hydrogen) atoms. The van der Waals surface area contributed by atoms with E-state index in [1.807, 2.05) is 18.2 Å². The Hall–Kier alpha value is -2.04. The molecule has 2 aliphatic heterocycles. The topological polar surface area (TPSA) is 41.9 Å². The van der Waals surface area contributed by atoms with Gasteiger partial charge in [-0.05, 0) is 62.4 Å². The van der Waals surface area contributed by atoms with E-state index >= 15 is 0 Å². The maximum Gasteiger partial charge on any atom is 0.165 e. The van der Waals surface area contributed by atoms with Gasteiger partial charge in [0.05, 0.1) is 6.10 Å². The third-order valence-corrected chi connectivity index (χ3v) is 7.79. The number of hydrogen-bond acceptors (Lipinski definition) is 4. The molecule has 4 nitrogen and oxygen atoms in total. The SMILES string of the molecule is CN1CC[C@]23c4c5ccc(OCc6ccccc6)c4O[C@H]2[C@@H](O)CC[C@H]3[C@H]1C5. The molecule has 2 aliphatic carbocycles. The lowest BCUT2D eigenvalue weighted by molar-refractivity contribution is -0.0994. The molecular formula is C24H27NO3. The lowest BCUT2D eigenvalue weighted by Crippen LogP contribution is -2.66. The van der Waals surface area contributed by atoms with Crippen LogP contribution in [0.4, 0.5) is 0 Å². The maximum absolute atomic E-state index is 10.9. The Morgan fingerprint density at radius 1 is 1.18 bits per heavy atom. The van der Waals surface area contributed by atoms with Gasteiger partial charge in [0.2, 0.25) is 0 Å². The highest BCUT2D eigenvalue weighted by Gasteiger charge is 2.65.